The van der Waals surface area contributed by atoms with E-state index < -0.39 is 22.2 Å². The van der Waals surface area contributed by atoms with Crippen LogP contribution in [-0.4, -0.2) is 46.3 Å². The third-order valence-electron chi connectivity index (χ3n) is 20.3. The molecule has 84 heavy (non-hydrogen) atoms. The molecule has 0 bridgehead atoms. The largest absolute Gasteiger partial charge is 0.349 e. The van der Waals surface area contributed by atoms with Crippen molar-refractivity contribution in [2.45, 2.75) is 359 Å². The smallest absolute Gasteiger partial charge is 0.0784 e. The molecule has 8 atom stereocenters. The number of unbranched alkanes of at least 4 members (excludes halogenated alkanes) is 24. The van der Waals surface area contributed by atoms with Crippen molar-refractivity contribution in [3.8, 4) is 0 Å². The van der Waals surface area contributed by atoms with Gasteiger partial charge in [0.05, 0.1) is 46.3 Å². The highest BCUT2D eigenvalue weighted by atomic mass is 15.3. The van der Waals surface area contributed by atoms with Crippen molar-refractivity contribution >= 4 is 11.4 Å². The Labute approximate surface area is 519 Å². The van der Waals surface area contributed by atoms with E-state index in [1.54, 1.807) is 0 Å². The molecule has 0 radical (unpaired) electrons. The van der Waals surface area contributed by atoms with Gasteiger partial charge in [0.25, 0.3) is 0 Å². The van der Waals surface area contributed by atoms with Crippen LogP contribution < -0.4 is 32.7 Å². The fraction of sp³-hybridized carbons (Fsp3) is 0.718. The molecular formula is C78H132N6. The molecule has 5 rings (SSSR count). The fourth-order valence-corrected chi connectivity index (χ4v) is 15.0. The zero-order valence-electron chi connectivity index (χ0n) is 56.0. The Bertz CT molecular complexity index is 1940. The Morgan fingerprint density at radius 1 is 0.274 bits per heavy atom. The number of benzene rings is 1. The molecule has 0 fully saturated rings. The van der Waals surface area contributed by atoms with Crippen LogP contribution in [0.1, 0.15) is 312 Å². The highest BCUT2D eigenvalue weighted by Crippen LogP contribution is 2.50. The molecular weight excluding hydrogens is 1020 g/mol. The molecule has 1 aromatic rings. The molecule has 4 aliphatic rings. The second kappa shape index (κ2) is 38.8. The molecule has 0 saturated heterocycles. The lowest BCUT2D eigenvalue weighted by molar-refractivity contribution is 0.271. The molecule has 4 aliphatic carbocycles. The minimum atomic E-state index is -0.512. The Balaban J connectivity index is 1.82. The second-order valence-corrected chi connectivity index (χ2v) is 27.0. The highest BCUT2D eigenvalue weighted by molar-refractivity contribution is 5.68. The van der Waals surface area contributed by atoms with Crippen LogP contribution in [0.3, 0.4) is 0 Å². The Hall–Kier alpha value is -3.42. The number of rotatable bonds is 46. The summed E-state index contributed by atoms with van der Waals surface area (Å²) in [7, 11) is 0. The van der Waals surface area contributed by atoms with Gasteiger partial charge in [0.15, 0.2) is 0 Å². The predicted octanol–water partition coefficient (Wildman–Crippen LogP) is 21.3. The highest BCUT2D eigenvalue weighted by Gasteiger charge is 2.54. The predicted molar refractivity (Wildman–Crippen MR) is 373 cm³/mol. The van der Waals surface area contributed by atoms with Gasteiger partial charge in [0, 0.05) is 11.4 Å². The third-order valence-corrected chi connectivity index (χ3v) is 20.3. The van der Waals surface area contributed by atoms with E-state index in [4.69, 9.17) is 22.9 Å². The van der Waals surface area contributed by atoms with Crippen molar-refractivity contribution in [1.82, 2.24) is 0 Å². The summed E-state index contributed by atoms with van der Waals surface area (Å²) < 4.78 is 0. The topological polar surface area (TPSA) is 111 Å². The van der Waals surface area contributed by atoms with Gasteiger partial charge in [-0.2, -0.15) is 0 Å². The summed E-state index contributed by atoms with van der Waals surface area (Å²) >= 11 is 0. The first-order valence-corrected chi connectivity index (χ1v) is 36.3. The van der Waals surface area contributed by atoms with E-state index in [9.17, 15) is 0 Å². The molecule has 0 aliphatic heterocycles. The molecule has 8 unspecified atom stereocenters. The zero-order chi connectivity index (χ0) is 60.5. The Kier molecular flexibility index (Phi) is 32.9. The van der Waals surface area contributed by atoms with Crippen LogP contribution >= 0.6 is 0 Å². The zero-order valence-corrected chi connectivity index (χ0v) is 56.0. The summed E-state index contributed by atoms with van der Waals surface area (Å²) in [5, 5.41) is 0. The molecule has 6 nitrogen and oxygen atoms in total. The van der Waals surface area contributed by atoms with Crippen LogP contribution in [0.4, 0.5) is 11.4 Å². The van der Waals surface area contributed by atoms with Crippen molar-refractivity contribution in [3.05, 3.63) is 119 Å². The molecule has 0 heterocycles. The summed E-state index contributed by atoms with van der Waals surface area (Å²) in [5.41, 5.74) is 37.8. The average molecular weight is 1150 g/mol. The maximum absolute atomic E-state index is 7.97. The van der Waals surface area contributed by atoms with Crippen LogP contribution in [0, 0.1) is 0 Å². The summed E-state index contributed by atoms with van der Waals surface area (Å²) in [6.45, 7) is 18.6. The monoisotopic (exact) mass is 1150 g/mol. The lowest BCUT2D eigenvalue weighted by atomic mass is 9.70. The van der Waals surface area contributed by atoms with Gasteiger partial charge >= 0.3 is 0 Å². The van der Waals surface area contributed by atoms with Gasteiger partial charge in [-0.15, -0.1) is 0 Å². The Morgan fingerprint density at radius 3 is 0.643 bits per heavy atom. The number of allylic oxidation sites excluding steroid dienone is 8. The molecule has 0 spiro atoms. The quantitative estimate of drug-likeness (QED) is 0.0484. The second-order valence-electron chi connectivity index (χ2n) is 27.0. The average Bonchev–Trinajstić information content (AvgIpc) is 0.861. The van der Waals surface area contributed by atoms with Gasteiger partial charge in [0.1, 0.15) is 0 Å². The van der Waals surface area contributed by atoms with Gasteiger partial charge in [-0.05, 0) is 101 Å². The standard InChI is InChI=1S/C78H132N6/c1-9-17-25-33-41-65-49-57-75(71(79)61-65,53-37-29-21-13-5)83(76(54-38-30-22-14-6)58-50-66(62-72(76)80)42-34-26-18-10-2)69-45-47-70(48-46-69)84(77(55-39-31-23-15-7)59-51-67(63-73(77)81)43-35-27-19-11-3)78(56-40-32-24-16-8)60-52-68(64-74(78)82)44-36-28-20-12-4/h45-52,57-64,71-74H,9-44,53-56,79-82H2,1-8H3. The third kappa shape index (κ3) is 19.8. The van der Waals surface area contributed by atoms with Crippen molar-refractivity contribution in [3.63, 3.8) is 0 Å². The molecule has 0 aromatic heterocycles. The minimum absolute atomic E-state index is 0.214. The van der Waals surface area contributed by atoms with E-state index in [-0.39, 0.29) is 24.2 Å². The summed E-state index contributed by atoms with van der Waals surface area (Å²) in [4.78, 5) is 5.67. The molecule has 0 amide bonds. The van der Waals surface area contributed by atoms with Gasteiger partial charge in [0.2, 0.25) is 0 Å². The van der Waals surface area contributed by atoms with Gasteiger partial charge in [-0.1, -0.05) is 330 Å². The molecule has 8 N–H and O–H groups in total. The lowest BCUT2D eigenvalue weighted by Gasteiger charge is -2.60. The van der Waals surface area contributed by atoms with E-state index in [0.29, 0.717) is 0 Å². The molecule has 1 aromatic carbocycles. The number of hydrogen-bond acceptors (Lipinski definition) is 6. The molecule has 474 valence electrons. The van der Waals surface area contributed by atoms with Gasteiger partial charge in [-0.25, -0.2) is 0 Å². The minimum Gasteiger partial charge on any atom is -0.349 e. The van der Waals surface area contributed by atoms with E-state index in [1.165, 1.54) is 213 Å². The first kappa shape index (κ1) is 71.3. The van der Waals surface area contributed by atoms with E-state index in [2.05, 4.69) is 162 Å². The summed E-state index contributed by atoms with van der Waals surface area (Å²) in [6, 6.07) is 9.12. The Morgan fingerprint density at radius 2 is 0.464 bits per heavy atom. The first-order valence-electron chi connectivity index (χ1n) is 36.3. The first-order chi connectivity index (χ1) is 40.9. The van der Waals surface area contributed by atoms with Crippen molar-refractivity contribution in [2.24, 2.45) is 22.9 Å². The van der Waals surface area contributed by atoms with Crippen LogP contribution in [0.15, 0.2) is 119 Å². The number of hydrogen-bond donors (Lipinski definition) is 4. The number of anilines is 2. The maximum atomic E-state index is 7.97. The van der Waals surface area contributed by atoms with E-state index in [1.807, 2.05) is 0 Å². The van der Waals surface area contributed by atoms with Crippen LogP contribution in [0.2, 0.25) is 0 Å². The van der Waals surface area contributed by atoms with Crippen molar-refractivity contribution in [2.75, 3.05) is 9.80 Å². The van der Waals surface area contributed by atoms with Crippen molar-refractivity contribution in [1.29, 1.82) is 0 Å². The van der Waals surface area contributed by atoms with Gasteiger partial charge < -0.3 is 32.7 Å². The van der Waals surface area contributed by atoms with E-state index in [0.717, 1.165) is 77.0 Å². The van der Waals surface area contributed by atoms with Crippen LogP contribution in [-0.2, 0) is 0 Å². The van der Waals surface area contributed by atoms with Crippen molar-refractivity contribution < 1.29 is 0 Å². The van der Waals surface area contributed by atoms with E-state index >= 15 is 0 Å². The normalized spacial score (nSPS) is 25.7. The summed E-state index contributed by atoms with van der Waals surface area (Å²) in [6.07, 6.45) is 77.2. The molecule has 0 saturated carbocycles. The van der Waals surface area contributed by atoms with Crippen LogP contribution in [0.5, 0.6) is 0 Å². The number of nitrogens with zero attached hydrogens (tertiary/aromatic N) is 2. The summed E-state index contributed by atoms with van der Waals surface area (Å²) in [5.74, 6) is 0. The van der Waals surface area contributed by atoms with Gasteiger partial charge in [-0.3, -0.25) is 0 Å². The number of nitrogens with two attached hydrogens (primary N) is 4. The maximum Gasteiger partial charge on any atom is 0.0784 e. The fourth-order valence-electron chi connectivity index (χ4n) is 15.0. The molecule has 6 heteroatoms. The van der Waals surface area contributed by atoms with Crippen LogP contribution in [0.25, 0.3) is 0 Å². The lowest BCUT2D eigenvalue weighted by Crippen LogP contribution is -2.72. The SMILES string of the molecule is CCCCCCC1=CC(N)C(CCCCCC)(N(c2ccc(N(C3(CCCCCC)C=CC(CCCCCC)=CC3N)C3(CCCCCC)C=CC(CCCCCC)=CC3N)cc2)C2(CCCCCC)C=CC(CCCCCC)=CC2N)C=C1.